The monoisotopic (exact) mass is 238 g/mol. The second-order valence-corrected chi connectivity index (χ2v) is 3.76. The lowest BCUT2D eigenvalue weighted by Gasteiger charge is -2.15. The molecule has 5 heteroatoms. The fourth-order valence-corrected chi connectivity index (χ4v) is 1.72. The maximum Gasteiger partial charge on any atom is 0.131 e. The Bertz CT molecular complexity index is 525. The van der Waals surface area contributed by atoms with Crippen LogP contribution in [0.3, 0.4) is 0 Å². The summed E-state index contributed by atoms with van der Waals surface area (Å²) in [7, 11) is 0. The maximum absolute atomic E-state index is 13.6. The lowest BCUT2D eigenvalue weighted by Crippen LogP contribution is -2.29. The summed E-state index contributed by atoms with van der Waals surface area (Å²) >= 11 is 0. The van der Waals surface area contributed by atoms with Gasteiger partial charge in [-0.3, -0.25) is 5.84 Å². The van der Waals surface area contributed by atoms with Gasteiger partial charge in [-0.05, 0) is 19.1 Å². The van der Waals surface area contributed by atoms with Gasteiger partial charge in [0, 0.05) is 17.2 Å². The molecule has 0 spiro atoms. The molecule has 0 saturated heterocycles. The molecule has 1 unspecified atom stereocenters. The first-order valence-electron chi connectivity index (χ1n) is 5.08. The van der Waals surface area contributed by atoms with Crippen molar-refractivity contribution in [3.63, 3.8) is 0 Å². The van der Waals surface area contributed by atoms with Crippen LogP contribution in [0.4, 0.5) is 8.78 Å². The third-order valence-corrected chi connectivity index (χ3v) is 2.52. The zero-order valence-corrected chi connectivity index (χ0v) is 9.21. The zero-order valence-electron chi connectivity index (χ0n) is 9.21. The molecule has 0 saturated carbocycles. The number of rotatable bonds is 3. The molecule has 0 bridgehead atoms. The normalized spacial score (nSPS) is 12.7. The van der Waals surface area contributed by atoms with Crippen LogP contribution < -0.4 is 11.3 Å². The summed E-state index contributed by atoms with van der Waals surface area (Å²) in [5, 5.41) is 0. The predicted molar refractivity (Wildman–Crippen MR) is 59.0 cm³/mol. The number of hydrogen-bond acceptors (Lipinski definition) is 3. The molecule has 3 N–H and O–H groups in total. The average molecular weight is 238 g/mol. The number of hydrazine groups is 1. The molecule has 0 aliphatic heterocycles. The number of furan rings is 1. The second-order valence-electron chi connectivity index (χ2n) is 3.76. The van der Waals surface area contributed by atoms with Crippen LogP contribution >= 0.6 is 0 Å². The van der Waals surface area contributed by atoms with E-state index in [0.29, 0.717) is 11.3 Å². The van der Waals surface area contributed by atoms with Crippen molar-refractivity contribution in [2.45, 2.75) is 13.0 Å². The van der Waals surface area contributed by atoms with E-state index in [-0.39, 0.29) is 5.56 Å². The Morgan fingerprint density at radius 3 is 2.59 bits per heavy atom. The minimum absolute atomic E-state index is 0.273. The van der Waals surface area contributed by atoms with E-state index in [1.54, 1.807) is 13.0 Å². The van der Waals surface area contributed by atoms with Crippen LogP contribution in [0.15, 0.2) is 34.9 Å². The molecular weight excluding hydrogens is 226 g/mol. The van der Waals surface area contributed by atoms with Crippen LogP contribution in [-0.4, -0.2) is 0 Å². The number of aryl methyl sites for hydroxylation is 1. The van der Waals surface area contributed by atoms with E-state index in [9.17, 15) is 8.78 Å². The van der Waals surface area contributed by atoms with E-state index in [4.69, 9.17) is 10.3 Å². The molecule has 0 amide bonds. The van der Waals surface area contributed by atoms with Gasteiger partial charge in [0.1, 0.15) is 17.4 Å². The number of benzene rings is 1. The van der Waals surface area contributed by atoms with Gasteiger partial charge in [0.2, 0.25) is 0 Å². The summed E-state index contributed by atoms with van der Waals surface area (Å²) in [5.74, 6) is 4.83. The topological polar surface area (TPSA) is 51.2 Å². The van der Waals surface area contributed by atoms with Crippen molar-refractivity contribution >= 4 is 0 Å². The Kier molecular flexibility index (Phi) is 3.21. The van der Waals surface area contributed by atoms with E-state index in [1.807, 2.05) is 0 Å². The van der Waals surface area contributed by atoms with E-state index in [0.717, 1.165) is 6.07 Å². The van der Waals surface area contributed by atoms with Gasteiger partial charge in [0.15, 0.2) is 0 Å². The molecule has 0 aliphatic rings. The fraction of sp³-hybridized carbons (Fsp3) is 0.167. The number of halogens is 2. The van der Waals surface area contributed by atoms with Crippen molar-refractivity contribution in [1.82, 2.24) is 5.43 Å². The highest BCUT2D eigenvalue weighted by Crippen LogP contribution is 2.25. The summed E-state index contributed by atoms with van der Waals surface area (Å²) in [6, 6.07) is 4.56. The van der Waals surface area contributed by atoms with E-state index < -0.39 is 17.7 Å². The van der Waals surface area contributed by atoms with E-state index >= 15 is 0 Å². The van der Waals surface area contributed by atoms with Crippen LogP contribution in [0.25, 0.3) is 0 Å². The molecule has 1 heterocycles. The third kappa shape index (κ3) is 2.35. The molecule has 3 nitrogen and oxygen atoms in total. The van der Waals surface area contributed by atoms with Crippen LogP contribution in [0.5, 0.6) is 0 Å². The van der Waals surface area contributed by atoms with Crippen LogP contribution in [0.1, 0.15) is 22.9 Å². The van der Waals surface area contributed by atoms with Crippen molar-refractivity contribution in [2.24, 2.45) is 5.84 Å². The fourth-order valence-electron chi connectivity index (χ4n) is 1.72. The zero-order chi connectivity index (χ0) is 12.4. The Labute approximate surface area is 97.2 Å². The summed E-state index contributed by atoms with van der Waals surface area (Å²) in [6.07, 6.45) is 1.49. The predicted octanol–water partition coefficient (Wildman–Crippen LogP) is 2.42. The Morgan fingerprint density at radius 2 is 2.06 bits per heavy atom. The molecule has 0 fully saturated rings. The number of nitrogens with one attached hydrogen (secondary N) is 1. The summed E-state index contributed by atoms with van der Waals surface area (Å²) in [4.78, 5) is 0. The maximum atomic E-state index is 13.6. The first-order chi connectivity index (χ1) is 8.11. The summed E-state index contributed by atoms with van der Waals surface area (Å²) in [5.41, 5.74) is 3.45. The van der Waals surface area contributed by atoms with Crippen molar-refractivity contribution in [3.05, 3.63) is 59.1 Å². The highest BCUT2D eigenvalue weighted by atomic mass is 19.1. The van der Waals surface area contributed by atoms with E-state index in [1.165, 1.54) is 18.4 Å². The molecule has 1 aromatic heterocycles. The Balaban J connectivity index is 2.42. The van der Waals surface area contributed by atoms with Gasteiger partial charge < -0.3 is 4.42 Å². The quantitative estimate of drug-likeness (QED) is 0.637. The van der Waals surface area contributed by atoms with Gasteiger partial charge in [-0.2, -0.15) is 0 Å². The largest absolute Gasteiger partial charge is 0.469 e. The van der Waals surface area contributed by atoms with Gasteiger partial charge >= 0.3 is 0 Å². The molecule has 2 rings (SSSR count). The van der Waals surface area contributed by atoms with Gasteiger partial charge in [-0.25, -0.2) is 14.2 Å². The lowest BCUT2D eigenvalue weighted by molar-refractivity contribution is 0.517. The van der Waals surface area contributed by atoms with Crippen LogP contribution in [0.2, 0.25) is 0 Å². The minimum atomic E-state index is -0.646. The molecule has 0 radical (unpaired) electrons. The molecule has 1 aromatic carbocycles. The summed E-state index contributed by atoms with van der Waals surface area (Å²) in [6.45, 7) is 1.78. The SMILES string of the molecule is Cc1cc(C(NN)c2ccc(F)cc2F)co1. The molecule has 90 valence electrons. The molecule has 17 heavy (non-hydrogen) atoms. The van der Waals surface area contributed by atoms with Crippen molar-refractivity contribution in [2.75, 3.05) is 0 Å². The van der Waals surface area contributed by atoms with Crippen molar-refractivity contribution < 1.29 is 13.2 Å². The van der Waals surface area contributed by atoms with Gasteiger partial charge in [-0.15, -0.1) is 0 Å². The third-order valence-electron chi connectivity index (χ3n) is 2.52. The molecule has 2 aromatic rings. The highest BCUT2D eigenvalue weighted by Gasteiger charge is 2.18. The Hall–Kier alpha value is -1.72. The second kappa shape index (κ2) is 4.65. The van der Waals surface area contributed by atoms with Gasteiger partial charge in [0.05, 0.1) is 12.3 Å². The number of hydrogen-bond donors (Lipinski definition) is 2. The number of nitrogens with two attached hydrogens (primary N) is 1. The van der Waals surface area contributed by atoms with Crippen LogP contribution in [0, 0.1) is 18.6 Å². The Morgan fingerprint density at radius 1 is 1.29 bits per heavy atom. The standard InChI is InChI=1S/C12H12F2N2O/c1-7-4-8(6-17-7)12(16-15)10-3-2-9(13)5-11(10)14/h2-6,12,16H,15H2,1H3. The smallest absolute Gasteiger partial charge is 0.131 e. The highest BCUT2D eigenvalue weighted by molar-refractivity contribution is 5.31. The average Bonchev–Trinajstić information content (AvgIpc) is 2.69. The van der Waals surface area contributed by atoms with Gasteiger partial charge in [-0.1, -0.05) is 6.07 Å². The summed E-state index contributed by atoms with van der Waals surface area (Å²) < 4.78 is 31.6. The minimum Gasteiger partial charge on any atom is -0.469 e. The van der Waals surface area contributed by atoms with Crippen molar-refractivity contribution in [3.8, 4) is 0 Å². The van der Waals surface area contributed by atoms with Crippen LogP contribution in [-0.2, 0) is 0 Å². The first-order valence-corrected chi connectivity index (χ1v) is 5.08. The van der Waals surface area contributed by atoms with Crippen molar-refractivity contribution in [1.29, 1.82) is 0 Å². The van der Waals surface area contributed by atoms with Gasteiger partial charge in [0.25, 0.3) is 0 Å². The molecule has 1 atom stereocenters. The van der Waals surface area contributed by atoms with E-state index in [2.05, 4.69) is 5.43 Å². The molecular formula is C12H12F2N2O. The first kappa shape index (κ1) is 11.8. The lowest BCUT2D eigenvalue weighted by atomic mass is 10.0. The molecule has 0 aliphatic carbocycles.